The lowest BCUT2D eigenvalue weighted by Crippen LogP contribution is -2.06. The number of carbonyl (C=O) groups is 1. The maximum Gasteiger partial charge on any atom is 0.256 e. The zero-order valence-corrected chi connectivity index (χ0v) is 9.95. The molecule has 0 radical (unpaired) electrons. The van der Waals surface area contributed by atoms with E-state index in [0.29, 0.717) is 22.7 Å². The van der Waals surface area contributed by atoms with E-state index in [1.54, 1.807) is 6.07 Å². The standard InChI is InChI=1S/C15H14FNO/c16-11-6-7-14-12(9-11)13(15(18)17-14)8-10-4-2-1-3-5-10/h1-2,6-10H,3-5H2,(H,17,18)/b13-8-. The van der Waals surface area contributed by atoms with Crippen LogP contribution in [-0.4, -0.2) is 5.91 Å². The molecule has 2 aliphatic rings. The van der Waals surface area contributed by atoms with Crippen LogP contribution in [0.5, 0.6) is 0 Å². The van der Waals surface area contributed by atoms with Gasteiger partial charge in [-0.25, -0.2) is 4.39 Å². The minimum atomic E-state index is -0.306. The SMILES string of the molecule is O=C1Nc2ccc(F)cc2/C1=C/C1CC=CCC1. The fourth-order valence-electron chi connectivity index (χ4n) is 2.53. The third-order valence-corrected chi connectivity index (χ3v) is 3.48. The number of amides is 1. The first-order valence-corrected chi connectivity index (χ1v) is 6.22. The number of carbonyl (C=O) groups excluding carboxylic acids is 1. The smallest absolute Gasteiger partial charge is 0.256 e. The quantitative estimate of drug-likeness (QED) is 0.593. The van der Waals surface area contributed by atoms with Gasteiger partial charge < -0.3 is 5.32 Å². The molecular weight excluding hydrogens is 229 g/mol. The average Bonchev–Trinajstić information content (AvgIpc) is 2.67. The van der Waals surface area contributed by atoms with Gasteiger partial charge >= 0.3 is 0 Å². The molecule has 1 amide bonds. The highest BCUT2D eigenvalue weighted by Gasteiger charge is 2.25. The van der Waals surface area contributed by atoms with Gasteiger partial charge in [-0.2, -0.15) is 0 Å². The molecule has 3 heteroatoms. The number of rotatable bonds is 1. The lowest BCUT2D eigenvalue weighted by atomic mass is 9.91. The number of allylic oxidation sites excluding steroid dienone is 3. The summed E-state index contributed by atoms with van der Waals surface area (Å²) in [6.07, 6.45) is 9.36. The first-order valence-electron chi connectivity index (χ1n) is 6.22. The average molecular weight is 243 g/mol. The van der Waals surface area contributed by atoms with Crippen LogP contribution in [0.1, 0.15) is 24.8 Å². The predicted molar refractivity (Wildman–Crippen MR) is 69.5 cm³/mol. The van der Waals surface area contributed by atoms with E-state index in [4.69, 9.17) is 0 Å². The van der Waals surface area contributed by atoms with Gasteiger partial charge in [0, 0.05) is 16.8 Å². The molecule has 0 saturated heterocycles. The molecule has 0 bridgehead atoms. The summed E-state index contributed by atoms with van der Waals surface area (Å²) in [7, 11) is 0. The van der Waals surface area contributed by atoms with E-state index in [1.807, 2.05) is 6.08 Å². The van der Waals surface area contributed by atoms with Gasteiger partial charge in [-0.15, -0.1) is 0 Å². The van der Waals surface area contributed by atoms with Crippen LogP contribution in [0.3, 0.4) is 0 Å². The van der Waals surface area contributed by atoms with E-state index in [1.165, 1.54) is 12.1 Å². The largest absolute Gasteiger partial charge is 0.321 e. The van der Waals surface area contributed by atoms with Crippen LogP contribution in [0.4, 0.5) is 10.1 Å². The Kier molecular flexibility index (Phi) is 2.74. The monoisotopic (exact) mass is 243 g/mol. The van der Waals surface area contributed by atoms with Crippen molar-refractivity contribution in [3.05, 3.63) is 47.8 Å². The van der Waals surface area contributed by atoms with Gasteiger partial charge in [-0.1, -0.05) is 18.2 Å². The first kappa shape index (κ1) is 11.2. The van der Waals surface area contributed by atoms with E-state index < -0.39 is 0 Å². The summed E-state index contributed by atoms with van der Waals surface area (Å²) in [5.41, 5.74) is 2.01. The van der Waals surface area contributed by atoms with Crippen molar-refractivity contribution in [2.75, 3.05) is 5.32 Å². The maximum absolute atomic E-state index is 13.3. The lowest BCUT2D eigenvalue weighted by Gasteiger charge is -2.14. The summed E-state index contributed by atoms with van der Waals surface area (Å²) < 4.78 is 13.3. The van der Waals surface area contributed by atoms with Crippen LogP contribution < -0.4 is 5.32 Å². The fourth-order valence-corrected chi connectivity index (χ4v) is 2.53. The van der Waals surface area contributed by atoms with Crippen LogP contribution in [0, 0.1) is 11.7 Å². The molecule has 3 rings (SSSR count). The molecule has 1 aromatic carbocycles. The van der Waals surface area contributed by atoms with Crippen molar-refractivity contribution in [1.82, 2.24) is 0 Å². The van der Waals surface area contributed by atoms with Crippen molar-refractivity contribution in [2.45, 2.75) is 19.3 Å². The van der Waals surface area contributed by atoms with Crippen molar-refractivity contribution in [3.63, 3.8) is 0 Å². The highest BCUT2D eigenvalue weighted by atomic mass is 19.1. The molecule has 0 fully saturated rings. The molecular formula is C15H14FNO. The molecule has 18 heavy (non-hydrogen) atoms. The van der Waals surface area contributed by atoms with E-state index in [2.05, 4.69) is 17.5 Å². The second-order valence-electron chi connectivity index (χ2n) is 4.77. The van der Waals surface area contributed by atoms with Crippen molar-refractivity contribution in [2.24, 2.45) is 5.92 Å². The Balaban J connectivity index is 1.97. The van der Waals surface area contributed by atoms with Crippen molar-refractivity contribution in [1.29, 1.82) is 0 Å². The molecule has 0 saturated carbocycles. The molecule has 0 aromatic heterocycles. The van der Waals surface area contributed by atoms with Crippen LogP contribution in [0.15, 0.2) is 36.4 Å². The molecule has 1 N–H and O–H groups in total. The normalized spacial score (nSPS) is 24.2. The van der Waals surface area contributed by atoms with Gasteiger partial charge in [-0.3, -0.25) is 4.79 Å². The van der Waals surface area contributed by atoms with E-state index >= 15 is 0 Å². The molecule has 1 aromatic rings. The zero-order valence-electron chi connectivity index (χ0n) is 9.95. The molecule has 0 spiro atoms. The van der Waals surface area contributed by atoms with Crippen LogP contribution in [0.25, 0.3) is 5.57 Å². The minimum Gasteiger partial charge on any atom is -0.321 e. The van der Waals surface area contributed by atoms with E-state index in [-0.39, 0.29) is 11.7 Å². The summed E-state index contributed by atoms with van der Waals surface area (Å²) >= 11 is 0. The van der Waals surface area contributed by atoms with Gasteiger partial charge in [0.25, 0.3) is 5.91 Å². The molecule has 2 nitrogen and oxygen atoms in total. The zero-order chi connectivity index (χ0) is 12.5. The summed E-state index contributed by atoms with van der Waals surface area (Å²) in [4.78, 5) is 11.9. The van der Waals surface area contributed by atoms with Crippen LogP contribution in [0.2, 0.25) is 0 Å². The minimum absolute atomic E-state index is 0.120. The van der Waals surface area contributed by atoms with Gasteiger partial charge in [0.15, 0.2) is 0 Å². The number of fused-ring (bicyclic) bond motifs is 1. The van der Waals surface area contributed by atoms with Crippen LogP contribution >= 0.6 is 0 Å². The number of anilines is 1. The van der Waals surface area contributed by atoms with Gasteiger partial charge in [0.05, 0.1) is 0 Å². The molecule has 1 aliphatic heterocycles. The Hall–Kier alpha value is -1.90. The Morgan fingerprint density at radius 2 is 2.22 bits per heavy atom. The summed E-state index contributed by atoms with van der Waals surface area (Å²) in [6, 6.07) is 4.41. The molecule has 1 unspecified atom stereocenters. The summed E-state index contributed by atoms with van der Waals surface area (Å²) in [5.74, 6) is -0.0465. The van der Waals surface area contributed by atoms with Crippen molar-refractivity contribution >= 4 is 17.2 Å². The molecule has 92 valence electrons. The fraction of sp³-hybridized carbons (Fsp3) is 0.267. The first-order chi connectivity index (χ1) is 8.74. The molecule has 1 atom stereocenters. The Morgan fingerprint density at radius 1 is 1.33 bits per heavy atom. The highest BCUT2D eigenvalue weighted by Crippen LogP contribution is 2.34. The van der Waals surface area contributed by atoms with E-state index in [0.717, 1.165) is 19.3 Å². The summed E-state index contributed by atoms with van der Waals surface area (Å²) in [5, 5.41) is 2.77. The van der Waals surface area contributed by atoms with Crippen LogP contribution in [-0.2, 0) is 4.79 Å². The topological polar surface area (TPSA) is 29.1 Å². The van der Waals surface area contributed by atoms with E-state index in [9.17, 15) is 9.18 Å². The summed E-state index contributed by atoms with van der Waals surface area (Å²) in [6.45, 7) is 0. The highest BCUT2D eigenvalue weighted by molar-refractivity contribution is 6.31. The number of nitrogens with one attached hydrogen (secondary N) is 1. The Bertz CT molecular complexity index is 560. The number of hydrogen-bond donors (Lipinski definition) is 1. The number of benzene rings is 1. The number of hydrogen-bond acceptors (Lipinski definition) is 1. The third-order valence-electron chi connectivity index (χ3n) is 3.48. The maximum atomic E-state index is 13.3. The number of halogens is 1. The Morgan fingerprint density at radius 3 is 3.00 bits per heavy atom. The second kappa shape index (κ2) is 4.41. The van der Waals surface area contributed by atoms with Gasteiger partial charge in [0.2, 0.25) is 0 Å². The third kappa shape index (κ3) is 1.96. The second-order valence-corrected chi connectivity index (χ2v) is 4.77. The predicted octanol–water partition coefficient (Wildman–Crippen LogP) is 3.52. The van der Waals surface area contributed by atoms with Gasteiger partial charge in [-0.05, 0) is 43.4 Å². The lowest BCUT2D eigenvalue weighted by molar-refractivity contribution is -0.110. The van der Waals surface area contributed by atoms with Crippen molar-refractivity contribution in [3.8, 4) is 0 Å². The Labute approximate surface area is 105 Å². The molecule has 1 heterocycles. The van der Waals surface area contributed by atoms with Crippen molar-refractivity contribution < 1.29 is 9.18 Å². The molecule has 1 aliphatic carbocycles. The van der Waals surface area contributed by atoms with Gasteiger partial charge in [0.1, 0.15) is 5.82 Å².